The summed E-state index contributed by atoms with van der Waals surface area (Å²) in [5.41, 5.74) is 0. The van der Waals surface area contributed by atoms with Crippen molar-refractivity contribution >= 4 is 5.78 Å². The van der Waals surface area contributed by atoms with Crippen molar-refractivity contribution in [2.45, 2.75) is 37.8 Å². The topological polar surface area (TPSA) is 23.6 Å². The van der Waals surface area contributed by atoms with Gasteiger partial charge in [0.2, 0.25) is 0 Å². The molecular formula is C9H16N2O. The van der Waals surface area contributed by atoms with Crippen LogP contribution in [0, 0.1) is 0 Å². The van der Waals surface area contributed by atoms with E-state index in [0.29, 0.717) is 17.9 Å². The first kappa shape index (κ1) is 8.20. The maximum absolute atomic E-state index is 11.2. The maximum Gasteiger partial charge on any atom is 0.136 e. The molecule has 3 heteroatoms. The van der Waals surface area contributed by atoms with E-state index in [1.165, 1.54) is 12.8 Å². The molecule has 2 saturated heterocycles. The van der Waals surface area contributed by atoms with Crippen molar-refractivity contribution in [1.29, 1.82) is 0 Å². The summed E-state index contributed by atoms with van der Waals surface area (Å²) in [5.74, 6) is 0.459. The second kappa shape index (κ2) is 2.82. The van der Waals surface area contributed by atoms with Crippen molar-refractivity contribution in [3.8, 4) is 0 Å². The van der Waals surface area contributed by atoms with Gasteiger partial charge in [-0.2, -0.15) is 0 Å². The van der Waals surface area contributed by atoms with E-state index >= 15 is 0 Å². The van der Waals surface area contributed by atoms with E-state index in [9.17, 15) is 4.79 Å². The zero-order chi connectivity index (χ0) is 8.72. The van der Waals surface area contributed by atoms with Crippen molar-refractivity contribution in [1.82, 2.24) is 10.0 Å². The van der Waals surface area contributed by atoms with E-state index in [2.05, 4.69) is 24.1 Å². The lowest BCUT2D eigenvalue weighted by molar-refractivity contribution is -0.130. The molecule has 0 spiro atoms. The molecule has 12 heavy (non-hydrogen) atoms. The third kappa shape index (κ3) is 1.17. The van der Waals surface area contributed by atoms with Crippen molar-refractivity contribution in [3.05, 3.63) is 0 Å². The van der Waals surface area contributed by atoms with Crippen LogP contribution in [0.25, 0.3) is 0 Å². The number of ketones is 1. The number of piperidine rings is 1. The first-order valence-electron chi connectivity index (χ1n) is 4.66. The number of fused-ring (bicyclic) bond motifs is 2. The average Bonchev–Trinajstić information content (AvgIpc) is 2.24. The minimum atomic E-state index is 0.459. The summed E-state index contributed by atoms with van der Waals surface area (Å²) in [6.45, 7) is 0. The van der Waals surface area contributed by atoms with E-state index in [-0.39, 0.29) is 0 Å². The van der Waals surface area contributed by atoms with E-state index in [1.54, 1.807) is 0 Å². The number of Topliss-reactive ketones (excluding diaryl/α,β-unsaturated/α-hetero) is 1. The molecule has 2 aliphatic rings. The highest BCUT2D eigenvalue weighted by atomic mass is 16.1. The summed E-state index contributed by atoms with van der Waals surface area (Å²) >= 11 is 0. The van der Waals surface area contributed by atoms with Gasteiger partial charge < -0.3 is 0 Å². The van der Waals surface area contributed by atoms with Gasteiger partial charge in [0.25, 0.3) is 0 Å². The van der Waals surface area contributed by atoms with Crippen LogP contribution in [0.15, 0.2) is 0 Å². The monoisotopic (exact) mass is 168 g/mol. The Balaban J connectivity index is 2.14. The van der Waals surface area contributed by atoms with Crippen molar-refractivity contribution < 1.29 is 4.79 Å². The van der Waals surface area contributed by atoms with Gasteiger partial charge in [0, 0.05) is 39.0 Å². The molecule has 0 aromatic rings. The second-order valence-electron chi connectivity index (χ2n) is 4.06. The first-order valence-corrected chi connectivity index (χ1v) is 4.66. The number of carbonyl (C=O) groups is 1. The van der Waals surface area contributed by atoms with Gasteiger partial charge in [-0.15, -0.1) is 0 Å². The molecule has 0 saturated carbocycles. The van der Waals surface area contributed by atoms with E-state index < -0.39 is 0 Å². The standard InChI is InChI=1S/C9H16N2O/c1-10(2)11-7-3-4-8(11)6-9(12)5-7/h7-8H,3-6H2,1-2H3. The molecule has 2 unspecified atom stereocenters. The molecule has 0 amide bonds. The predicted molar refractivity (Wildman–Crippen MR) is 46.6 cm³/mol. The Kier molecular flexibility index (Phi) is 1.93. The van der Waals surface area contributed by atoms with Crippen LogP contribution in [0.3, 0.4) is 0 Å². The summed E-state index contributed by atoms with van der Waals surface area (Å²) < 4.78 is 0. The number of hydrogen-bond donors (Lipinski definition) is 0. The number of rotatable bonds is 1. The Bertz CT molecular complexity index is 187. The Morgan fingerprint density at radius 1 is 1.25 bits per heavy atom. The maximum atomic E-state index is 11.2. The molecule has 3 nitrogen and oxygen atoms in total. The molecule has 2 fully saturated rings. The quantitative estimate of drug-likeness (QED) is 0.574. The average molecular weight is 168 g/mol. The SMILES string of the molecule is CN(C)N1C2CCC1CC(=O)C2. The van der Waals surface area contributed by atoms with Crippen LogP contribution in [0.4, 0.5) is 0 Å². The van der Waals surface area contributed by atoms with Crippen LogP contribution in [0.1, 0.15) is 25.7 Å². The molecule has 0 N–H and O–H groups in total. The second-order valence-corrected chi connectivity index (χ2v) is 4.06. The van der Waals surface area contributed by atoms with E-state index in [0.717, 1.165) is 12.8 Å². The van der Waals surface area contributed by atoms with Crippen LogP contribution < -0.4 is 0 Å². The Labute approximate surface area is 73.3 Å². The summed E-state index contributed by atoms with van der Waals surface area (Å²) in [6.07, 6.45) is 3.95. The number of hydrazine groups is 1. The zero-order valence-electron chi connectivity index (χ0n) is 7.79. The van der Waals surface area contributed by atoms with Crippen LogP contribution in [-0.2, 0) is 4.79 Å². The lowest BCUT2D eigenvalue weighted by atomic mass is 10.0. The fraction of sp³-hybridized carbons (Fsp3) is 0.889. The Morgan fingerprint density at radius 2 is 1.75 bits per heavy atom. The third-order valence-electron chi connectivity index (χ3n) is 2.97. The van der Waals surface area contributed by atoms with Crippen molar-refractivity contribution in [2.75, 3.05) is 14.1 Å². The molecule has 0 aromatic heterocycles. The summed E-state index contributed by atoms with van der Waals surface area (Å²) in [6, 6.07) is 1.01. The van der Waals surface area contributed by atoms with Gasteiger partial charge in [-0.3, -0.25) is 4.79 Å². The highest BCUT2D eigenvalue weighted by Crippen LogP contribution is 2.33. The first-order chi connectivity index (χ1) is 5.68. The van der Waals surface area contributed by atoms with Gasteiger partial charge in [-0.25, -0.2) is 10.0 Å². The molecule has 68 valence electrons. The van der Waals surface area contributed by atoms with Crippen LogP contribution in [-0.4, -0.2) is 42.0 Å². The fourth-order valence-electron chi connectivity index (χ4n) is 2.60. The minimum absolute atomic E-state index is 0.459. The van der Waals surface area contributed by atoms with Crippen molar-refractivity contribution in [3.63, 3.8) is 0 Å². The largest absolute Gasteiger partial charge is 0.300 e. The molecular weight excluding hydrogens is 152 g/mol. The normalized spacial score (nSPS) is 36.4. The molecule has 0 aliphatic carbocycles. The fourth-order valence-corrected chi connectivity index (χ4v) is 2.60. The van der Waals surface area contributed by atoms with Crippen LogP contribution in [0.2, 0.25) is 0 Å². The number of carbonyl (C=O) groups excluding carboxylic acids is 1. The minimum Gasteiger partial charge on any atom is -0.300 e. The number of hydrogen-bond acceptors (Lipinski definition) is 3. The molecule has 0 radical (unpaired) electrons. The molecule has 2 atom stereocenters. The van der Waals surface area contributed by atoms with E-state index in [4.69, 9.17) is 0 Å². The zero-order valence-corrected chi connectivity index (χ0v) is 7.79. The number of nitrogens with zero attached hydrogens (tertiary/aromatic N) is 2. The molecule has 2 aliphatic heterocycles. The lowest BCUT2D eigenvalue weighted by Crippen LogP contribution is -2.50. The molecule has 2 bridgehead atoms. The third-order valence-corrected chi connectivity index (χ3v) is 2.97. The molecule has 2 heterocycles. The van der Waals surface area contributed by atoms with Crippen LogP contribution in [0.5, 0.6) is 0 Å². The van der Waals surface area contributed by atoms with Gasteiger partial charge in [-0.05, 0) is 12.8 Å². The smallest absolute Gasteiger partial charge is 0.136 e. The van der Waals surface area contributed by atoms with Crippen molar-refractivity contribution in [2.24, 2.45) is 0 Å². The molecule has 0 aromatic carbocycles. The highest BCUT2D eigenvalue weighted by molar-refractivity contribution is 5.80. The van der Waals surface area contributed by atoms with Gasteiger partial charge in [0.05, 0.1) is 0 Å². The van der Waals surface area contributed by atoms with Crippen LogP contribution >= 0.6 is 0 Å². The van der Waals surface area contributed by atoms with E-state index in [1.807, 2.05) is 0 Å². The summed E-state index contributed by atoms with van der Waals surface area (Å²) in [4.78, 5) is 11.2. The van der Waals surface area contributed by atoms with Gasteiger partial charge >= 0.3 is 0 Å². The predicted octanol–water partition coefficient (Wildman–Crippen LogP) is 0.659. The Hall–Kier alpha value is -0.410. The summed E-state index contributed by atoms with van der Waals surface area (Å²) in [5, 5.41) is 4.52. The van der Waals surface area contributed by atoms with Gasteiger partial charge in [0.15, 0.2) is 0 Å². The lowest BCUT2D eigenvalue weighted by Gasteiger charge is -2.38. The summed E-state index contributed by atoms with van der Waals surface area (Å²) in [7, 11) is 4.14. The van der Waals surface area contributed by atoms with Gasteiger partial charge in [-0.1, -0.05) is 0 Å². The highest BCUT2D eigenvalue weighted by Gasteiger charge is 2.41. The Morgan fingerprint density at radius 3 is 2.17 bits per heavy atom. The molecule has 2 rings (SSSR count). The van der Waals surface area contributed by atoms with Gasteiger partial charge in [0.1, 0.15) is 5.78 Å².